The van der Waals surface area contributed by atoms with Gasteiger partial charge < -0.3 is 15.4 Å². The largest absolute Gasteiger partial charge is 0.465 e. The molecule has 0 unspecified atom stereocenters. The van der Waals surface area contributed by atoms with Crippen molar-refractivity contribution in [1.82, 2.24) is 19.6 Å². The number of hydrogen-bond donors (Lipinski definition) is 2. The van der Waals surface area contributed by atoms with Crippen molar-refractivity contribution < 1.29 is 23.1 Å². The molecule has 34 heavy (non-hydrogen) atoms. The average Bonchev–Trinajstić information content (AvgIpc) is 3.22. The Bertz CT molecular complexity index is 1390. The monoisotopic (exact) mass is 466 g/mol. The molecule has 3 heterocycles. The molecule has 0 aliphatic carbocycles. The number of anilines is 3. The molecule has 11 heteroatoms. The van der Waals surface area contributed by atoms with E-state index in [1.807, 2.05) is 13.8 Å². The third-order valence-corrected chi connectivity index (χ3v) is 5.07. The molecule has 2 N–H and O–H groups in total. The molecule has 0 aliphatic heterocycles. The van der Waals surface area contributed by atoms with E-state index in [0.29, 0.717) is 22.8 Å². The lowest BCUT2D eigenvalue weighted by molar-refractivity contribution is 0.0599. The van der Waals surface area contributed by atoms with Gasteiger partial charge in [-0.3, -0.25) is 9.78 Å². The average molecular weight is 466 g/mol. The Morgan fingerprint density at radius 1 is 1.15 bits per heavy atom. The highest BCUT2D eigenvalue weighted by Crippen LogP contribution is 2.33. The minimum atomic E-state index is -1.03. The lowest BCUT2D eigenvalue weighted by Crippen LogP contribution is -2.15. The van der Waals surface area contributed by atoms with Crippen LogP contribution in [0.25, 0.3) is 5.52 Å². The molecule has 0 saturated heterocycles. The van der Waals surface area contributed by atoms with Crippen LogP contribution in [0.3, 0.4) is 0 Å². The zero-order valence-corrected chi connectivity index (χ0v) is 18.5. The van der Waals surface area contributed by atoms with Gasteiger partial charge in [0.05, 0.1) is 35.8 Å². The second kappa shape index (κ2) is 9.22. The standard InChI is InChI=1S/C23H20F2N6O3/c1-12(2)19-15(23(33)34-3)10-31-20(19)21(27-11-28-31)30-18-7-14(16(24)8-17(18)25)22(32)29-13-5-4-6-26-9-13/h4-12H,1-3H3,(H,29,32)(H,27,28,30). The first-order valence-corrected chi connectivity index (χ1v) is 10.2. The lowest BCUT2D eigenvalue weighted by Gasteiger charge is -2.13. The summed E-state index contributed by atoms with van der Waals surface area (Å²) in [5.74, 6) is -3.27. The molecule has 1 amide bonds. The normalized spacial score (nSPS) is 11.0. The maximum absolute atomic E-state index is 14.7. The number of halogens is 2. The number of aromatic nitrogens is 4. The van der Waals surface area contributed by atoms with Crippen molar-refractivity contribution in [2.24, 2.45) is 0 Å². The van der Waals surface area contributed by atoms with Gasteiger partial charge in [-0.05, 0) is 24.1 Å². The summed E-state index contributed by atoms with van der Waals surface area (Å²) < 4.78 is 35.4. The number of methoxy groups -OCH3 is 1. The summed E-state index contributed by atoms with van der Waals surface area (Å²) in [6.45, 7) is 3.75. The number of pyridine rings is 1. The number of ether oxygens (including phenoxy) is 1. The number of nitrogens with one attached hydrogen (secondary N) is 2. The topological polar surface area (TPSA) is 111 Å². The van der Waals surface area contributed by atoms with Crippen molar-refractivity contribution in [3.63, 3.8) is 0 Å². The number of fused-ring (bicyclic) bond motifs is 1. The molecule has 0 spiro atoms. The molecule has 174 valence electrons. The maximum atomic E-state index is 14.7. The molecular weight excluding hydrogens is 446 g/mol. The van der Waals surface area contributed by atoms with Crippen molar-refractivity contribution in [2.75, 3.05) is 17.7 Å². The van der Waals surface area contributed by atoms with Gasteiger partial charge in [-0.15, -0.1) is 0 Å². The molecule has 0 fully saturated rings. The SMILES string of the molecule is COC(=O)c1cn2ncnc(Nc3cc(C(=O)Nc4cccnc4)c(F)cc3F)c2c1C(C)C. The number of nitrogens with zero attached hydrogens (tertiary/aromatic N) is 4. The van der Waals surface area contributed by atoms with Gasteiger partial charge in [-0.25, -0.2) is 23.1 Å². The summed E-state index contributed by atoms with van der Waals surface area (Å²) in [4.78, 5) is 33.0. The van der Waals surface area contributed by atoms with Crippen LogP contribution in [0.15, 0.2) is 49.2 Å². The van der Waals surface area contributed by atoms with E-state index in [1.54, 1.807) is 12.1 Å². The van der Waals surface area contributed by atoms with Crippen LogP contribution in [-0.2, 0) is 4.74 Å². The summed E-state index contributed by atoms with van der Waals surface area (Å²) >= 11 is 0. The molecule has 4 rings (SSSR count). The zero-order valence-electron chi connectivity index (χ0n) is 18.5. The van der Waals surface area contributed by atoms with Crippen molar-refractivity contribution in [1.29, 1.82) is 0 Å². The van der Waals surface area contributed by atoms with E-state index >= 15 is 0 Å². The Hall–Kier alpha value is -4.41. The molecule has 0 atom stereocenters. The molecule has 1 aromatic carbocycles. The van der Waals surface area contributed by atoms with Gasteiger partial charge in [0.15, 0.2) is 5.82 Å². The predicted octanol–water partition coefficient (Wildman–Crippen LogP) is 4.31. The Kier molecular flexibility index (Phi) is 6.17. The van der Waals surface area contributed by atoms with Crippen molar-refractivity contribution >= 4 is 34.6 Å². The predicted molar refractivity (Wildman–Crippen MR) is 120 cm³/mol. The van der Waals surface area contributed by atoms with Gasteiger partial charge in [0.25, 0.3) is 5.91 Å². The second-order valence-electron chi connectivity index (χ2n) is 7.64. The quantitative estimate of drug-likeness (QED) is 0.408. The van der Waals surface area contributed by atoms with Gasteiger partial charge in [0, 0.05) is 24.0 Å². The van der Waals surface area contributed by atoms with Crippen LogP contribution >= 0.6 is 0 Å². The van der Waals surface area contributed by atoms with E-state index in [9.17, 15) is 18.4 Å². The number of amides is 1. The van der Waals surface area contributed by atoms with E-state index < -0.39 is 23.5 Å². The zero-order chi connectivity index (χ0) is 24.4. The van der Waals surface area contributed by atoms with Crippen molar-refractivity contribution in [2.45, 2.75) is 19.8 Å². The van der Waals surface area contributed by atoms with Crippen LogP contribution < -0.4 is 10.6 Å². The highest BCUT2D eigenvalue weighted by Gasteiger charge is 2.24. The Morgan fingerprint density at radius 3 is 2.62 bits per heavy atom. The van der Waals surface area contributed by atoms with Gasteiger partial charge >= 0.3 is 5.97 Å². The fourth-order valence-electron chi connectivity index (χ4n) is 3.56. The van der Waals surface area contributed by atoms with Gasteiger partial charge in [-0.2, -0.15) is 5.10 Å². The summed E-state index contributed by atoms with van der Waals surface area (Å²) in [6, 6.07) is 4.85. The maximum Gasteiger partial charge on any atom is 0.339 e. The highest BCUT2D eigenvalue weighted by atomic mass is 19.1. The van der Waals surface area contributed by atoms with E-state index in [4.69, 9.17) is 4.74 Å². The van der Waals surface area contributed by atoms with Gasteiger partial charge in [0.2, 0.25) is 0 Å². The third kappa shape index (κ3) is 4.27. The van der Waals surface area contributed by atoms with E-state index in [1.165, 1.54) is 36.5 Å². The lowest BCUT2D eigenvalue weighted by atomic mass is 10.00. The number of hydrogen-bond acceptors (Lipinski definition) is 7. The van der Waals surface area contributed by atoms with E-state index in [2.05, 4.69) is 25.7 Å². The van der Waals surface area contributed by atoms with E-state index in [-0.39, 0.29) is 28.6 Å². The summed E-state index contributed by atoms with van der Waals surface area (Å²) in [5.41, 5.74) is 1.09. The molecule has 4 aromatic rings. The molecule has 9 nitrogen and oxygen atoms in total. The smallest absolute Gasteiger partial charge is 0.339 e. The van der Waals surface area contributed by atoms with Crippen LogP contribution in [0, 0.1) is 11.6 Å². The Morgan fingerprint density at radius 2 is 1.94 bits per heavy atom. The molecular formula is C23H20F2N6O3. The van der Waals surface area contributed by atoms with Gasteiger partial charge in [0.1, 0.15) is 23.5 Å². The molecule has 0 radical (unpaired) electrons. The van der Waals surface area contributed by atoms with Crippen LogP contribution in [0.5, 0.6) is 0 Å². The van der Waals surface area contributed by atoms with Crippen LogP contribution in [0.2, 0.25) is 0 Å². The summed E-state index contributed by atoms with van der Waals surface area (Å²) in [5, 5.41) is 9.45. The molecule has 0 bridgehead atoms. The molecule has 0 aliphatic rings. The molecule has 3 aromatic heterocycles. The summed E-state index contributed by atoms with van der Waals surface area (Å²) in [7, 11) is 1.27. The first-order chi connectivity index (χ1) is 16.3. The third-order valence-electron chi connectivity index (χ3n) is 5.07. The van der Waals surface area contributed by atoms with E-state index in [0.717, 1.165) is 6.07 Å². The van der Waals surface area contributed by atoms with Crippen molar-refractivity contribution in [3.05, 3.63) is 77.5 Å². The van der Waals surface area contributed by atoms with Crippen LogP contribution in [0.4, 0.5) is 26.0 Å². The second-order valence-corrected chi connectivity index (χ2v) is 7.64. The van der Waals surface area contributed by atoms with Gasteiger partial charge in [-0.1, -0.05) is 13.8 Å². The number of esters is 1. The Balaban J connectivity index is 1.76. The fraction of sp³-hybridized carbons (Fsp3) is 0.174. The highest BCUT2D eigenvalue weighted by molar-refractivity contribution is 6.05. The fourth-order valence-corrected chi connectivity index (χ4v) is 3.56. The minimum Gasteiger partial charge on any atom is -0.465 e. The van der Waals surface area contributed by atoms with Crippen LogP contribution in [-0.4, -0.2) is 38.6 Å². The molecule has 0 saturated carbocycles. The Labute approximate surface area is 192 Å². The number of benzene rings is 1. The number of carbonyl (C=O) groups is 2. The minimum absolute atomic E-state index is 0.135. The number of rotatable bonds is 6. The first kappa shape index (κ1) is 22.8. The van der Waals surface area contributed by atoms with Crippen molar-refractivity contribution in [3.8, 4) is 0 Å². The first-order valence-electron chi connectivity index (χ1n) is 10.2. The van der Waals surface area contributed by atoms with Crippen LogP contribution in [0.1, 0.15) is 46.0 Å². The number of carbonyl (C=O) groups excluding carboxylic acids is 2. The summed E-state index contributed by atoms with van der Waals surface area (Å²) in [6.07, 6.45) is 5.64.